The van der Waals surface area contributed by atoms with Gasteiger partial charge in [0.25, 0.3) is 0 Å². The van der Waals surface area contributed by atoms with Crippen molar-refractivity contribution in [3.05, 3.63) is 59.9 Å². The minimum absolute atomic E-state index is 0.668. The summed E-state index contributed by atoms with van der Waals surface area (Å²) in [5.74, 6) is 0.823. The van der Waals surface area contributed by atoms with E-state index < -0.39 is 0 Å². The Morgan fingerprint density at radius 1 is 0.950 bits per heavy atom. The zero-order valence-electron chi connectivity index (χ0n) is 11.4. The Bertz CT molecular complexity index is 724. The van der Waals surface area contributed by atoms with Gasteiger partial charge in [0.2, 0.25) is 0 Å². The van der Waals surface area contributed by atoms with E-state index in [4.69, 9.17) is 0 Å². The molecule has 0 unspecified atom stereocenters. The van der Waals surface area contributed by atoms with Crippen molar-refractivity contribution < 1.29 is 0 Å². The molecule has 0 fully saturated rings. The molecule has 2 heterocycles. The molecule has 1 aromatic carbocycles. The molecule has 1 N–H and O–H groups in total. The van der Waals surface area contributed by atoms with Gasteiger partial charge < -0.3 is 5.32 Å². The molecule has 100 valence electrons. The van der Waals surface area contributed by atoms with E-state index in [0.717, 1.165) is 24.3 Å². The van der Waals surface area contributed by atoms with Gasteiger partial charge >= 0.3 is 0 Å². The fourth-order valence-electron chi connectivity index (χ4n) is 2.21. The van der Waals surface area contributed by atoms with Gasteiger partial charge in [0.05, 0.1) is 0 Å². The third-order valence-electron chi connectivity index (χ3n) is 3.29. The number of aromatic nitrogens is 3. The number of benzene rings is 1. The molecular formula is C16H16N4. The van der Waals surface area contributed by atoms with Crippen LogP contribution in [-0.2, 0) is 13.0 Å². The van der Waals surface area contributed by atoms with Crippen molar-refractivity contribution in [1.82, 2.24) is 15.0 Å². The van der Waals surface area contributed by atoms with Crippen LogP contribution in [0.1, 0.15) is 18.1 Å². The first-order valence-electron chi connectivity index (χ1n) is 6.75. The van der Waals surface area contributed by atoms with Gasteiger partial charge in [-0.05, 0) is 29.7 Å². The molecule has 3 rings (SSSR count). The van der Waals surface area contributed by atoms with E-state index in [1.165, 1.54) is 11.1 Å². The minimum Gasteiger partial charge on any atom is -0.366 e. The van der Waals surface area contributed by atoms with Crippen LogP contribution in [0, 0.1) is 0 Å². The van der Waals surface area contributed by atoms with Crippen LogP contribution in [0.25, 0.3) is 11.2 Å². The highest BCUT2D eigenvalue weighted by Gasteiger charge is 2.02. The average molecular weight is 264 g/mol. The molecule has 0 spiro atoms. The Morgan fingerprint density at radius 3 is 2.60 bits per heavy atom. The zero-order valence-corrected chi connectivity index (χ0v) is 11.4. The third kappa shape index (κ3) is 2.59. The van der Waals surface area contributed by atoms with Crippen molar-refractivity contribution in [3.8, 4) is 0 Å². The summed E-state index contributed by atoms with van der Waals surface area (Å²) in [5.41, 5.74) is 4.14. The maximum Gasteiger partial charge on any atom is 0.180 e. The van der Waals surface area contributed by atoms with Crippen molar-refractivity contribution >= 4 is 17.0 Å². The molecule has 20 heavy (non-hydrogen) atoms. The largest absolute Gasteiger partial charge is 0.366 e. The fourth-order valence-corrected chi connectivity index (χ4v) is 2.21. The lowest BCUT2D eigenvalue weighted by Gasteiger charge is -2.09. The van der Waals surface area contributed by atoms with Crippen molar-refractivity contribution in [2.75, 3.05) is 5.32 Å². The summed E-state index contributed by atoms with van der Waals surface area (Å²) in [5, 5.41) is 3.35. The monoisotopic (exact) mass is 264 g/mol. The van der Waals surface area contributed by atoms with E-state index in [1.807, 2.05) is 12.1 Å². The van der Waals surface area contributed by atoms with Gasteiger partial charge in [0.15, 0.2) is 5.65 Å². The third-order valence-corrected chi connectivity index (χ3v) is 3.29. The molecule has 0 bridgehead atoms. The van der Waals surface area contributed by atoms with Gasteiger partial charge in [0.1, 0.15) is 11.3 Å². The summed E-state index contributed by atoms with van der Waals surface area (Å²) in [4.78, 5) is 12.9. The maximum atomic E-state index is 4.46. The summed E-state index contributed by atoms with van der Waals surface area (Å²) in [7, 11) is 0. The van der Waals surface area contributed by atoms with E-state index in [1.54, 1.807) is 12.4 Å². The first kappa shape index (κ1) is 12.5. The number of anilines is 1. The molecule has 0 aliphatic carbocycles. The molecule has 3 aromatic rings. The molecule has 4 nitrogen and oxygen atoms in total. The number of nitrogens with one attached hydrogen (secondary N) is 1. The first-order chi connectivity index (χ1) is 9.86. The molecule has 0 saturated carbocycles. The van der Waals surface area contributed by atoms with Crippen LogP contribution < -0.4 is 5.32 Å². The number of hydrogen-bond acceptors (Lipinski definition) is 4. The Labute approximate surface area is 117 Å². The van der Waals surface area contributed by atoms with Crippen molar-refractivity contribution in [3.63, 3.8) is 0 Å². The fraction of sp³-hybridized carbons (Fsp3) is 0.188. The van der Waals surface area contributed by atoms with Gasteiger partial charge in [-0.25, -0.2) is 9.97 Å². The molecule has 4 heteroatoms. The second-order valence-electron chi connectivity index (χ2n) is 4.57. The topological polar surface area (TPSA) is 50.7 Å². The quantitative estimate of drug-likeness (QED) is 0.786. The highest BCUT2D eigenvalue weighted by molar-refractivity contribution is 5.71. The SMILES string of the molecule is CCc1ccccc1CNc1ccc2nccnc2n1. The summed E-state index contributed by atoms with van der Waals surface area (Å²) in [6, 6.07) is 12.3. The second kappa shape index (κ2) is 5.65. The van der Waals surface area contributed by atoms with Gasteiger partial charge in [-0.3, -0.25) is 4.98 Å². The van der Waals surface area contributed by atoms with E-state index in [2.05, 4.69) is 51.5 Å². The Morgan fingerprint density at radius 2 is 1.75 bits per heavy atom. The second-order valence-corrected chi connectivity index (χ2v) is 4.57. The molecule has 2 aromatic heterocycles. The molecule has 0 atom stereocenters. The van der Waals surface area contributed by atoms with Crippen molar-refractivity contribution in [2.45, 2.75) is 19.9 Å². The highest BCUT2D eigenvalue weighted by Crippen LogP contribution is 2.14. The summed E-state index contributed by atoms with van der Waals surface area (Å²) < 4.78 is 0. The summed E-state index contributed by atoms with van der Waals surface area (Å²) in [6.07, 6.45) is 4.37. The Balaban J connectivity index is 1.79. The molecule has 0 aliphatic heterocycles. The number of nitrogens with zero attached hydrogens (tertiary/aromatic N) is 3. The molecule has 0 aliphatic rings. The Kier molecular flexibility index (Phi) is 3.54. The summed E-state index contributed by atoms with van der Waals surface area (Å²) in [6.45, 7) is 2.94. The number of aryl methyl sites for hydroxylation is 1. The first-order valence-corrected chi connectivity index (χ1v) is 6.75. The smallest absolute Gasteiger partial charge is 0.180 e. The number of rotatable bonds is 4. The molecule has 0 radical (unpaired) electrons. The van der Waals surface area contributed by atoms with Gasteiger partial charge in [-0.1, -0.05) is 31.2 Å². The average Bonchev–Trinajstić information content (AvgIpc) is 2.53. The molecular weight excluding hydrogens is 248 g/mol. The van der Waals surface area contributed by atoms with Crippen LogP contribution in [0.5, 0.6) is 0 Å². The van der Waals surface area contributed by atoms with Crippen LogP contribution in [0.15, 0.2) is 48.8 Å². The molecule has 0 amide bonds. The predicted octanol–water partition coefficient (Wildman–Crippen LogP) is 3.20. The lowest BCUT2D eigenvalue weighted by Crippen LogP contribution is -2.04. The minimum atomic E-state index is 0.668. The van der Waals surface area contributed by atoms with E-state index >= 15 is 0 Å². The van der Waals surface area contributed by atoms with Crippen LogP contribution in [0.4, 0.5) is 5.82 Å². The number of hydrogen-bond donors (Lipinski definition) is 1. The normalized spacial score (nSPS) is 10.7. The van der Waals surface area contributed by atoms with Crippen molar-refractivity contribution in [1.29, 1.82) is 0 Å². The van der Waals surface area contributed by atoms with Crippen molar-refractivity contribution in [2.24, 2.45) is 0 Å². The predicted molar refractivity (Wildman–Crippen MR) is 80.5 cm³/mol. The number of pyridine rings is 1. The van der Waals surface area contributed by atoms with Gasteiger partial charge in [-0.2, -0.15) is 0 Å². The maximum absolute atomic E-state index is 4.46. The summed E-state index contributed by atoms with van der Waals surface area (Å²) >= 11 is 0. The number of fused-ring (bicyclic) bond motifs is 1. The van der Waals surface area contributed by atoms with Gasteiger partial charge in [-0.15, -0.1) is 0 Å². The lowest BCUT2D eigenvalue weighted by molar-refractivity contribution is 1.03. The van der Waals surface area contributed by atoms with Crippen LogP contribution in [0.2, 0.25) is 0 Å². The Hall–Kier alpha value is -2.49. The van der Waals surface area contributed by atoms with Gasteiger partial charge in [0, 0.05) is 18.9 Å². The van der Waals surface area contributed by atoms with E-state index in [0.29, 0.717) is 5.65 Å². The van der Waals surface area contributed by atoms with E-state index in [-0.39, 0.29) is 0 Å². The molecule has 0 saturated heterocycles. The van der Waals surface area contributed by atoms with E-state index in [9.17, 15) is 0 Å². The standard InChI is InChI=1S/C16H16N4/c1-2-12-5-3-4-6-13(12)11-19-15-8-7-14-16(20-15)18-10-9-17-14/h3-10H,2,11H2,1H3,(H,18,19,20). The zero-order chi connectivity index (χ0) is 13.8. The van der Waals surface area contributed by atoms with Crippen LogP contribution in [0.3, 0.4) is 0 Å². The highest BCUT2D eigenvalue weighted by atomic mass is 15.0. The lowest BCUT2D eigenvalue weighted by atomic mass is 10.1. The van der Waals surface area contributed by atoms with Crippen LogP contribution >= 0.6 is 0 Å². The van der Waals surface area contributed by atoms with Crippen LogP contribution in [-0.4, -0.2) is 15.0 Å².